The van der Waals surface area contributed by atoms with Gasteiger partial charge in [0.15, 0.2) is 9.64 Å². The van der Waals surface area contributed by atoms with Gasteiger partial charge in [0.2, 0.25) is 0 Å². The monoisotopic (exact) mass is 314 g/mol. The SMILES string of the molecule is [O-][S+]1c2ccc(Br)cc2C(O)C12CCCCC2. The fourth-order valence-electron chi connectivity index (χ4n) is 3.11. The van der Waals surface area contributed by atoms with E-state index in [2.05, 4.69) is 15.9 Å². The van der Waals surface area contributed by atoms with Crippen LogP contribution in [0.4, 0.5) is 0 Å². The zero-order valence-electron chi connectivity index (χ0n) is 9.49. The van der Waals surface area contributed by atoms with Crippen molar-refractivity contribution >= 4 is 27.1 Å². The van der Waals surface area contributed by atoms with Crippen molar-refractivity contribution in [3.8, 4) is 0 Å². The van der Waals surface area contributed by atoms with Crippen molar-refractivity contribution in [3.63, 3.8) is 0 Å². The first-order valence-corrected chi connectivity index (χ1v) is 7.99. The second-order valence-electron chi connectivity index (χ2n) is 4.98. The number of benzene rings is 1. The Kier molecular flexibility index (Phi) is 3.02. The Morgan fingerprint density at radius 2 is 2.00 bits per heavy atom. The molecule has 4 heteroatoms. The first-order chi connectivity index (χ1) is 8.15. The number of aliphatic hydroxyl groups excluding tert-OH is 1. The molecule has 1 heterocycles. The van der Waals surface area contributed by atoms with Crippen LogP contribution in [0.3, 0.4) is 0 Å². The number of hydrogen-bond donors (Lipinski definition) is 1. The van der Waals surface area contributed by atoms with Crippen molar-refractivity contribution in [1.29, 1.82) is 0 Å². The van der Waals surface area contributed by atoms with Crippen molar-refractivity contribution in [2.45, 2.75) is 47.9 Å². The Balaban J connectivity index is 2.07. The standard InChI is InChI=1S/C13H15BrO2S/c14-9-4-5-11-10(8-9)12(15)13(17(11)16)6-2-1-3-7-13/h4-5,8,12,15H,1-3,6-7H2. The van der Waals surface area contributed by atoms with E-state index in [0.29, 0.717) is 0 Å². The second-order valence-corrected chi connectivity index (χ2v) is 7.68. The number of fused-ring (bicyclic) bond motifs is 1. The minimum Gasteiger partial charge on any atom is -0.611 e. The van der Waals surface area contributed by atoms with E-state index in [1.165, 1.54) is 6.42 Å². The summed E-state index contributed by atoms with van der Waals surface area (Å²) in [6.45, 7) is 0. The number of rotatable bonds is 0. The predicted octanol–water partition coefficient (Wildman–Crippen LogP) is 3.31. The van der Waals surface area contributed by atoms with Gasteiger partial charge in [0.25, 0.3) is 0 Å². The van der Waals surface area contributed by atoms with Crippen molar-refractivity contribution < 1.29 is 9.66 Å². The highest BCUT2D eigenvalue weighted by molar-refractivity contribution is 9.10. The molecule has 1 saturated carbocycles. The summed E-state index contributed by atoms with van der Waals surface area (Å²) in [4.78, 5) is 0.836. The topological polar surface area (TPSA) is 43.3 Å². The lowest BCUT2D eigenvalue weighted by Crippen LogP contribution is -2.41. The highest BCUT2D eigenvalue weighted by Crippen LogP contribution is 2.54. The lowest BCUT2D eigenvalue weighted by Gasteiger charge is -2.35. The maximum atomic E-state index is 12.6. The average molecular weight is 315 g/mol. The highest BCUT2D eigenvalue weighted by Gasteiger charge is 2.57. The van der Waals surface area contributed by atoms with Crippen LogP contribution in [0, 0.1) is 0 Å². The summed E-state index contributed by atoms with van der Waals surface area (Å²) in [5.74, 6) is 0. The van der Waals surface area contributed by atoms with Gasteiger partial charge in [0.05, 0.1) is 0 Å². The van der Waals surface area contributed by atoms with Gasteiger partial charge in [0.1, 0.15) is 6.10 Å². The molecular formula is C13H15BrO2S. The molecule has 17 heavy (non-hydrogen) atoms. The van der Waals surface area contributed by atoms with Crippen LogP contribution in [0.5, 0.6) is 0 Å². The molecule has 1 fully saturated rings. The number of aliphatic hydroxyl groups is 1. The molecule has 2 atom stereocenters. The fourth-order valence-corrected chi connectivity index (χ4v) is 5.50. The Labute approximate surface area is 113 Å². The average Bonchev–Trinajstić information content (AvgIpc) is 2.54. The number of halogens is 1. The van der Waals surface area contributed by atoms with Gasteiger partial charge in [-0.3, -0.25) is 0 Å². The van der Waals surface area contributed by atoms with E-state index < -0.39 is 22.0 Å². The molecule has 2 nitrogen and oxygen atoms in total. The zero-order valence-corrected chi connectivity index (χ0v) is 11.9. The van der Waals surface area contributed by atoms with E-state index in [-0.39, 0.29) is 0 Å². The molecule has 92 valence electrons. The van der Waals surface area contributed by atoms with Crippen molar-refractivity contribution in [2.24, 2.45) is 0 Å². The van der Waals surface area contributed by atoms with Crippen molar-refractivity contribution in [3.05, 3.63) is 28.2 Å². The minimum atomic E-state index is -1.05. The molecule has 1 aromatic carbocycles. The number of hydrogen-bond acceptors (Lipinski definition) is 2. The molecule has 1 aliphatic carbocycles. The van der Waals surface area contributed by atoms with Gasteiger partial charge in [-0.05, 0) is 42.2 Å². The largest absolute Gasteiger partial charge is 0.611 e. The lowest BCUT2D eigenvalue weighted by atomic mass is 9.82. The third-order valence-corrected chi connectivity index (χ3v) is 6.67. The van der Waals surface area contributed by atoms with E-state index in [9.17, 15) is 9.66 Å². The van der Waals surface area contributed by atoms with Crippen LogP contribution in [0.2, 0.25) is 0 Å². The highest BCUT2D eigenvalue weighted by atomic mass is 79.9. The molecule has 0 aromatic heterocycles. The molecule has 2 unspecified atom stereocenters. The summed E-state index contributed by atoms with van der Waals surface area (Å²) < 4.78 is 13.2. The predicted molar refractivity (Wildman–Crippen MR) is 71.3 cm³/mol. The van der Waals surface area contributed by atoms with Gasteiger partial charge >= 0.3 is 0 Å². The van der Waals surface area contributed by atoms with E-state index in [0.717, 1.165) is 40.6 Å². The second kappa shape index (κ2) is 4.26. The molecule has 3 rings (SSSR count). The summed E-state index contributed by atoms with van der Waals surface area (Å²) in [6.07, 6.45) is 4.57. The molecule has 0 saturated heterocycles. The molecule has 1 N–H and O–H groups in total. The molecule has 1 aliphatic heterocycles. The van der Waals surface area contributed by atoms with Crippen LogP contribution >= 0.6 is 15.9 Å². The molecule has 0 amide bonds. The molecule has 1 spiro atoms. The smallest absolute Gasteiger partial charge is 0.161 e. The van der Waals surface area contributed by atoms with Gasteiger partial charge in [-0.15, -0.1) is 0 Å². The van der Waals surface area contributed by atoms with Gasteiger partial charge in [-0.25, -0.2) is 0 Å². The summed E-state index contributed by atoms with van der Waals surface area (Å²) in [6, 6.07) is 5.72. The third-order valence-electron chi connectivity index (χ3n) is 4.03. The van der Waals surface area contributed by atoms with Crippen LogP contribution < -0.4 is 0 Å². The van der Waals surface area contributed by atoms with Crippen LogP contribution in [0.15, 0.2) is 27.6 Å². The zero-order chi connectivity index (χ0) is 12.0. The summed E-state index contributed by atoms with van der Waals surface area (Å²) in [5, 5.41) is 10.5. The minimum absolute atomic E-state index is 0.401. The molecular weight excluding hydrogens is 300 g/mol. The van der Waals surface area contributed by atoms with E-state index in [1.807, 2.05) is 18.2 Å². The Morgan fingerprint density at radius 1 is 1.29 bits per heavy atom. The maximum Gasteiger partial charge on any atom is 0.161 e. The van der Waals surface area contributed by atoms with E-state index >= 15 is 0 Å². The molecule has 2 aliphatic rings. The van der Waals surface area contributed by atoms with Crippen LogP contribution in [0.25, 0.3) is 0 Å². The normalized spacial score (nSPS) is 30.5. The van der Waals surface area contributed by atoms with Gasteiger partial charge in [-0.1, -0.05) is 22.4 Å². The van der Waals surface area contributed by atoms with Gasteiger partial charge in [-0.2, -0.15) is 0 Å². The molecule has 1 aromatic rings. The first kappa shape index (κ1) is 12.0. The summed E-state index contributed by atoms with van der Waals surface area (Å²) in [5.41, 5.74) is 0.861. The van der Waals surface area contributed by atoms with Crippen LogP contribution in [0.1, 0.15) is 43.8 Å². The van der Waals surface area contributed by atoms with Crippen molar-refractivity contribution in [2.75, 3.05) is 0 Å². The Bertz CT molecular complexity index is 443. The fraction of sp³-hybridized carbons (Fsp3) is 0.538. The van der Waals surface area contributed by atoms with Crippen LogP contribution in [-0.2, 0) is 11.2 Å². The van der Waals surface area contributed by atoms with Gasteiger partial charge in [0, 0.05) is 22.9 Å². The Morgan fingerprint density at radius 3 is 2.71 bits per heavy atom. The third kappa shape index (κ3) is 1.69. The molecule has 0 radical (unpaired) electrons. The van der Waals surface area contributed by atoms with E-state index in [4.69, 9.17) is 0 Å². The van der Waals surface area contributed by atoms with E-state index in [1.54, 1.807) is 0 Å². The lowest BCUT2D eigenvalue weighted by molar-refractivity contribution is 0.107. The maximum absolute atomic E-state index is 12.6. The quantitative estimate of drug-likeness (QED) is 0.747. The Hall–Kier alpha value is -0.0300. The van der Waals surface area contributed by atoms with Crippen molar-refractivity contribution in [1.82, 2.24) is 0 Å². The summed E-state index contributed by atoms with van der Waals surface area (Å²) >= 11 is 2.36. The first-order valence-electron chi connectivity index (χ1n) is 6.04. The molecule has 0 bridgehead atoms. The van der Waals surface area contributed by atoms with Crippen LogP contribution in [-0.4, -0.2) is 14.4 Å². The summed E-state index contributed by atoms with van der Waals surface area (Å²) in [7, 11) is 0. The van der Waals surface area contributed by atoms with Gasteiger partial charge < -0.3 is 9.66 Å².